The molecule has 0 aromatic heterocycles. The van der Waals surface area contributed by atoms with Gasteiger partial charge < -0.3 is 20.6 Å². The Bertz CT molecular complexity index is 391. The summed E-state index contributed by atoms with van der Waals surface area (Å²) in [6, 6.07) is 8.78. The van der Waals surface area contributed by atoms with E-state index in [2.05, 4.69) is 34.7 Å². The van der Waals surface area contributed by atoms with Crippen molar-refractivity contribution in [2.75, 3.05) is 43.2 Å². The zero-order chi connectivity index (χ0) is 14.4. The van der Waals surface area contributed by atoms with Crippen molar-refractivity contribution in [3.05, 3.63) is 24.3 Å². The first-order valence-electron chi connectivity index (χ1n) is 7.20. The summed E-state index contributed by atoms with van der Waals surface area (Å²) < 4.78 is 0. The molecule has 0 saturated carbocycles. The van der Waals surface area contributed by atoms with Crippen LogP contribution in [0.1, 0.15) is 12.8 Å². The number of nitrogens with one attached hydrogen (secondary N) is 2. The highest BCUT2D eigenvalue weighted by molar-refractivity contribution is 6.18. The van der Waals surface area contributed by atoms with Crippen LogP contribution in [0.2, 0.25) is 0 Å². The Balaban J connectivity index is 1.79. The summed E-state index contributed by atoms with van der Waals surface area (Å²) in [5.74, 6) is 0.253. The Morgan fingerprint density at radius 1 is 1.25 bits per heavy atom. The number of hydrogen-bond donors (Lipinski definition) is 3. The third-order valence-corrected chi connectivity index (χ3v) is 4.05. The number of aliphatic hydroxyl groups excluding tert-OH is 1. The fourth-order valence-corrected chi connectivity index (χ4v) is 2.47. The summed E-state index contributed by atoms with van der Waals surface area (Å²) in [6.45, 7) is 2.80. The Morgan fingerprint density at radius 3 is 2.45 bits per heavy atom. The summed E-state index contributed by atoms with van der Waals surface area (Å²) >= 11 is 5.56. The van der Waals surface area contributed by atoms with Gasteiger partial charge in [-0.3, -0.25) is 0 Å². The number of piperidine rings is 1. The maximum atomic E-state index is 9.40. The van der Waals surface area contributed by atoms with Crippen molar-refractivity contribution >= 4 is 23.0 Å². The van der Waals surface area contributed by atoms with E-state index in [-0.39, 0.29) is 5.88 Å². The average molecular weight is 298 g/mol. The fourth-order valence-electron chi connectivity index (χ4n) is 2.36. The second kappa shape index (κ2) is 7.72. The van der Waals surface area contributed by atoms with Crippen molar-refractivity contribution in [2.45, 2.75) is 25.0 Å². The largest absolute Gasteiger partial charge is 0.390 e. The number of aliphatic hydroxyl groups is 1. The van der Waals surface area contributed by atoms with Crippen LogP contribution >= 0.6 is 11.6 Å². The maximum absolute atomic E-state index is 9.40. The SMILES string of the molecule is CN1CCC(Nc2ccc(NCC(O)CCl)cc2)CC1. The van der Waals surface area contributed by atoms with E-state index in [9.17, 15) is 5.11 Å². The van der Waals surface area contributed by atoms with Crippen LogP contribution < -0.4 is 10.6 Å². The van der Waals surface area contributed by atoms with Gasteiger partial charge in [-0.05, 0) is 57.2 Å². The Kier molecular flexibility index (Phi) is 5.95. The molecular weight excluding hydrogens is 274 g/mol. The first-order chi connectivity index (χ1) is 9.67. The standard InChI is InChI=1S/C15H24ClN3O/c1-19-8-6-14(7-9-19)18-13-4-2-12(3-5-13)17-11-15(20)10-16/h2-5,14-15,17-18,20H,6-11H2,1H3. The first kappa shape index (κ1) is 15.4. The third-order valence-electron chi connectivity index (χ3n) is 3.69. The Hall–Kier alpha value is -0.970. The van der Waals surface area contributed by atoms with Crippen LogP contribution in [-0.4, -0.2) is 54.7 Å². The number of hydrogen-bond acceptors (Lipinski definition) is 4. The smallest absolute Gasteiger partial charge is 0.0847 e. The van der Waals surface area contributed by atoms with Gasteiger partial charge in [-0.25, -0.2) is 0 Å². The quantitative estimate of drug-likeness (QED) is 0.705. The van der Waals surface area contributed by atoms with E-state index in [1.807, 2.05) is 12.1 Å². The summed E-state index contributed by atoms with van der Waals surface area (Å²) in [5.41, 5.74) is 2.16. The first-order valence-corrected chi connectivity index (χ1v) is 7.74. The molecule has 1 atom stereocenters. The number of alkyl halides is 1. The molecule has 1 aliphatic rings. The lowest BCUT2D eigenvalue weighted by atomic mass is 10.1. The predicted molar refractivity (Wildman–Crippen MR) is 85.8 cm³/mol. The number of rotatable bonds is 6. The van der Waals surface area contributed by atoms with Gasteiger partial charge in [0.15, 0.2) is 0 Å². The lowest BCUT2D eigenvalue weighted by Gasteiger charge is -2.30. The van der Waals surface area contributed by atoms with Gasteiger partial charge in [0.05, 0.1) is 12.0 Å². The summed E-state index contributed by atoms with van der Waals surface area (Å²) in [6.07, 6.45) is 1.88. The van der Waals surface area contributed by atoms with Crippen molar-refractivity contribution in [3.8, 4) is 0 Å². The molecule has 0 amide bonds. The molecule has 0 bridgehead atoms. The van der Waals surface area contributed by atoms with Gasteiger partial charge in [0, 0.05) is 24.0 Å². The number of nitrogens with zero attached hydrogens (tertiary/aromatic N) is 1. The molecular formula is C15H24ClN3O. The van der Waals surface area contributed by atoms with Gasteiger partial charge in [0.25, 0.3) is 0 Å². The summed E-state index contributed by atoms with van der Waals surface area (Å²) in [5, 5.41) is 16.1. The Morgan fingerprint density at radius 2 is 1.85 bits per heavy atom. The van der Waals surface area contributed by atoms with Crippen LogP contribution in [0.4, 0.5) is 11.4 Å². The van der Waals surface area contributed by atoms with Gasteiger partial charge in [0.1, 0.15) is 0 Å². The molecule has 3 N–H and O–H groups in total. The highest BCUT2D eigenvalue weighted by Gasteiger charge is 2.15. The van der Waals surface area contributed by atoms with Crippen LogP contribution in [0.25, 0.3) is 0 Å². The molecule has 1 heterocycles. The molecule has 1 aromatic rings. The van der Waals surface area contributed by atoms with Gasteiger partial charge in [-0.1, -0.05) is 0 Å². The molecule has 1 unspecified atom stereocenters. The maximum Gasteiger partial charge on any atom is 0.0847 e. The zero-order valence-corrected chi connectivity index (χ0v) is 12.7. The van der Waals surface area contributed by atoms with Crippen LogP contribution in [0.15, 0.2) is 24.3 Å². The van der Waals surface area contributed by atoms with Crippen molar-refractivity contribution in [1.82, 2.24) is 4.90 Å². The second-order valence-electron chi connectivity index (χ2n) is 5.49. The molecule has 0 spiro atoms. The molecule has 20 heavy (non-hydrogen) atoms. The second-order valence-corrected chi connectivity index (χ2v) is 5.80. The minimum Gasteiger partial charge on any atom is -0.390 e. The van der Waals surface area contributed by atoms with Crippen LogP contribution in [0.3, 0.4) is 0 Å². The highest BCUT2D eigenvalue weighted by Crippen LogP contribution is 2.18. The Labute approximate surface area is 126 Å². The van der Waals surface area contributed by atoms with Crippen molar-refractivity contribution < 1.29 is 5.11 Å². The molecule has 1 aliphatic heterocycles. The van der Waals surface area contributed by atoms with Crippen LogP contribution in [0, 0.1) is 0 Å². The summed E-state index contributed by atoms with van der Waals surface area (Å²) in [4.78, 5) is 2.37. The van der Waals surface area contributed by atoms with Crippen molar-refractivity contribution in [3.63, 3.8) is 0 Å². The van der Waals surface area contributed by atoms with Gasteiger partial charge in [0.2, 0.25) is 0 Å². The number of anilines is 2. The monoisotopic (exact) mass is 297 g/mol. The van der Waals surface area contributed by atoms with E-state index in [1.54, 1.807) is 0 Å². The normalized spacial score (nSPS) is 18.8. The van der Waals surface area contributed by atoms with E-state index >= 15 is 0 Å². The molecule has 4 nitrogen and oxygen atoms in total. The average Bonchev–Trinajstić information content (AvgIpc) is 2.48. The van der Waals surface area contributed by atoms with E-state index in [1.165, 1.54) is 12.8 Å². The van der Waals surface area contributed by atoms with Crippen LogP contribution in [0.5, 0.6) is 0 Å². The zero-order valence-electron chi connectivity index (χ0n) is 12.0. The molecule has 0 radical (unpaired) electrons. The molecule has 0 aliphatic carbocycles. The minimum atomic E-state index is -0.506. The topological polar surface area (TPSA) is 47.5 Å². The molecule has 5 heteroatoms. The lowest BCUT2D eigenvalue weighted by Crippen LogP contribution is -2.36. The molecule has 1 aromatic carbocycles. The van der Waals surface area contributed by atoms with Crippen molar-refractivity contribution in [2.24, 2.45) is 0 Å². The molecule has 1 saturated heterocycles. The van der Waals surface area contributed by atoms with Gasteiger partial charge in [-0.15, -0.1) is 11.6 Å². The number of halogens is 1. The van der Waals surface area contributed by atoms with E-state index in [0.717, 1.165) is 24.5 Å². The highest BCUT2D eigenvalue weighted by atomic mass is 35.5. The number of likely N-dealkylation sites (tertiary alicyclic amines) is 1. The molecule has 2 rings (SSSR count). The minimum absolute atomic E-state index is 0.253. The fraction of sp³-hybridized carbons (Fsp3) is 0.600. The van der Waals surface area contributed by atoms with Gasteiger partial charge in [-0.2, -0.15) is 0 Å². The predicted octanol–water partition coefficient (Wildman–Crippen LogP) is 2.20. The van der Waals surface area contributed by atoms with Gasteiger partial charge >= 0.3 is 0 Å². The lowest BCUT2D eigenvalue weighted by molar-refractivity contribution is 0.211. The van der Waals surface area contributed by atoms with E-state index in [0.29, 0.717) is 12.6 Å². The van der Waals surface area contributed by atoms with E-state index in [4.69, 9.17) is 11.6 Å². The van der Waals surface area contributed by atoms with Crippen LogP contribution in [-0.2, 0) is 0 Å². The third kappa shape index (κ3) is 4.85. The molecule has 112 valence electrons. The van der Waals surface area contributed by atoms with E-state index < -0.39 is 6.10 Å². The summed E-state index contributed by atoms with van der Waals surface area (Å²) in [7, 11) is 2.17. The van der Waals surface area contributed by atoms with Crippen molar-refractivity contribution in [1.29, 1.82) is 0 Å². The molecule has 1 fully saturated rings. The number of benzene rings is 1.